The molecule has 4 heteroatoms. The van der Waals surface area contributed by atoms with E-state index in [9.17, 15) is 4.79 Å². The van der Waals surface area contributed by atoms with Gasteiger partial charge in [-0.2, -0.15) is 0 Å². The summed E-state index contributed by atoms with van der Waals surface area (Å²) in [4.78, 5) is 14.9. The highest BCUT2D eigenvalue weighted by Gasteiger charge is 2.05. The van der Waals surface area contributed by atoms with Crippen molar-refractivity contribution in [2.24, 2.45) is 0 Å². The molecule has 2 aromatic rings. The summed E-state index contributed by atoms with van der Waals surface area (Å²) < 4.78 is 0. The van der Waals surface area contributed by atoms with Crippen LogP contribution in [0.4, 0.5) is 0 Å². The molecule has 1 aromatic carbocycles. The minimum absolute atomic E-state index is 0.214. The summed E-state index contributed by atoms with van der Waals surface area (Å²) in [5.41, 5.74) is 2.35. The Morgan fingerprint density at radius 1 is 1.25 bits per heavy atom. The standard InChI is InChI=1S/C16H18N2O2/c1-12(9-13-5-3-2-4-6-13)17-11-15-8-7-14(10-18-15)16(19)20/h2-8,10,12,17H,9,11H2,1H3,(H,19,20). The highest BCUT2D eigenvalue weighted by atomic mass is 16.4. The molecule has 4 nitrogen and oxygen atoms in total. The van der Waals surface area contributed by atoms with Gasteiger partial charge in [0, 0.05) is 18.8 Å². The molecule has 20 heavy (non-hydrogen) atoms. The van der Waals surface area contributed by atoms with Crippen LogP contribution in [0.25, 0.3) is 0 Å². The first kappa shape index (κ1) is 14.2. The quantitative estimate of drug-likeness (QED) is 0.846. The summed E-state index contributed by atoms with van der Waals surface area (Å²) in [6.45, 7) is 2.76. The Labute approximate surface area is 118 Å². The Hall–Kier alpha value is -2.20. The predicted octanol–water partition coefficient (Wildman–Crippen LogP) is 2.50. The van der Waals surface area contributed by atoms with Gasteiger partial charge in [0.2, 0.25) is 0 Å². The van der Waals surface area contributed by atoms with Gasteiger partial charge in [-0.15, -0.1) is 0 Å². The van der Waals surface area contributed by atoms with E-state index in [-0.39, 0.29) is 5.56 Å². The van der Waals surface area contributed by atoms with Crippen LogP contribution in [-0.2, 0) is 13.0 Å². The third kappa shape index (κ3) is 4.17. The Morgan fingerprint density at radius 3 is 2.60 bits per heavy atom. The van der Waals surface area contributed by atoms with E-state index in [0.29, 0.717) is 12.6 Å². The molecule has 0 aliphatic carbocycles. The van der Waals surface area contributed by atoms with Crippen molar-refractivity contribution in [1.29, 1.82) is 0 Å². The van der Waals surface area contributed by atoms with E-state index in [4.69, 9.17) is 5.11 Å². The van der Waals surface area contributed by atoms with Crippen molar-refractivity contribution in [2.75, 3.05) is 0 Å². The number of nitrogens with zero attached hydrogens (tertiary/aromatic N) is 1. The largest absolute Gasteiger partial charge is 0.478 e. The van der Waals surface area contributed by atoms with Crippen LogP contribution in [0.2, 0.25) is 0 Å². The van der Waals surface area contributed by atoms with Gasteiger partial charge >= 0.3 is 5.97 Å². The van der Waals surface area contributed by atoms with Crippen LogP contribution < -0.4 is 5.32 Å². The van der Waals surface area contributed by atoms with Crippen LogP contribution in [-0.4, -0.2) is 22.1 Å². The lowest BCUT2D eigenvalue weighted by Gasteiger charge is -2.13. The minimum Gasteiger partial charge on any atom is -0.478 e. The van der Waals surface area contributed by atoms with E-state index in [2.05, 4.69) is 29.4 Å². The molecule has 2 rings (SSSR count). The van der Waals surface area contributed by atoms with E-state index in [1.54, 1.807) is 12.1 Å². The summed E-state index contributed by atoms with van der Waals surface area (Å²) in [7, 11) is 0. The molecule has 0 amide bonds. The number of nitrogens with one attached hydrogen (secondary N) is 1. The van der Waals surface area contributed by atoms with Gasteiger partial charge in [0.05, 0.1) is 11.3 Å². The average molecular weight is 270 g/mol. The van der Waals surface area contributed by atoms with Crippen LogP contribution in [0.5, 0.6) is 0 Å². The average Bonchev–Trinajstić information content (AvgIpc) is 2.46. The van der Waals surface area contributed by atoms with Crippen molar-refractivity contribution in [3.63, 3.8) is 0 Å². The third-order valence-electron chi connectivity index (χ3n) is 3.09. The number of pyridine rings is 1. The molecule has 0 spiro atoms. The number of hydrogen-bond donors (Lipinski definition) is 2. The number of carbonyl (C=O) groups is 1. The highest BCUT2D eigenvalue weighted by Crippen LogP contribution is 2.04. The molecule has 1 atom stereocenters. The zero-order valence-electron chi connectivity index (χ0n) is 11.4. The zero-order valence-corrected chi connectivity index (χ0v) is 11.4. The number of aromatic carboxylic acids is 1. The van der Waals surface area contributed by atoms with E-state index in [1.807, 2.05) is 18.2 Å². The van der Waals surface area contributed by atoms with Crippen molar-refractivity contribution in [3.05, 3.63) is 65.5 Å². The molecule has 2 N–H and O–H groups in total. The molecular weight excluding hydrogens is 252 g/mol. The fourth-order valence-corrected chi connectivity index (χ4v) is 1.97. The molecule has 104 valence electrons. The van der Waals surface area contributed by atoms with Gasteiger partial charge in [-0.3, -0.25) is 4.98 Å². The number of benzene rings is 1. The first-order chi connectivity index (χ1) is 9.65. The smallest absolute Gasteiger partial charge is 0.337 e. The molecule has 0 fully saturated rings. The molecule has 0 radical (unpaired) electrons. The van der Waals surface area contributed by atoms with Gasteiger partial charge in [0.25, 0.3) is 0 Å². The van der Waals surface area contributed by atoms with Gasteiger partial charge < -0.3 is 10.4 Å². The highest BCUT2D eigenvalue weighted by molar-refractivity contribution is 5.87. The van der Waals surface area contributed by atoms with Crippen molar-refractivity contribution in [2.45, 2.75) is 25.9 Å². The van der Waals surface area contributed by atoms with Crippen molar-refractivity contribution < 1.29 is 9.90 Å². The minimum atomic E-state index is -0.950. The SMILES string of the molecule is CC(Cc1ccccc1)NCc1ccc(C(=O)O)cn1. The first-order valence-corrected chi connectivity index (χ1v) is 6.60. The van der Waals surface area contributed by atoms with Crippen LogP contribution in [0.3, 0.4) is 0 Å². The number of rotatable bonds is 6. The maximum atomic E-state index is 10.7. The first-order valence-electron chi connectivity index (χ1n) is 6.60. The Kier molecular flexibility index (Phi) is 4.85. The van der Waals surface area contributed by atoms with Crippen molar-refractivity contribution in [3.8, 4) is 0 Å². The second-order valence-corrected chi connectivity index (χ2v) is 4.82. The number of carboxylic acid groups (broad SMARTS) is 1. The fraction of sp³-hybridized carbons (Fsp3) is 0.250. The summed E-state index contributed by atoms with van der Waals surface area (Å²) >= 11 is 0. The van der Waals surface area contributed by atoms with E-state index >= 15 is 0 Å². The maximum absolute atomic E-state index is 10.7. The molecule has 1 heterocycles. The van der Waals surface area contributed by atoms with Crippen LogP contribution in [0, 0.1) is 0 Å². The van der Waals surface area contributed by atoms with Gasteiger partial charge in [-0.1, -0.05) is 30.3 Å². The normalized spacial score (nSPS) is 12.1. The topological polar surface area (TPSA) is 62.2 Å². The summed E-state index contributed by atoms with van der Waals surface area (Å²) in [6.07, 6.45) is 2.34. The van der Waals surface area contributed by atoms with Crippen LogP contribution in [0.15, 0.2) is 48.7 Å². The Bertz CT molecular complexity index is 552. The van der Waals surface area contributed by atoms with Gasteiger partial charge in [-0.25, -0.2) is 4.79 Å². The fourth-order valence-electron chi connectivity index (χ4n) is 1.97. The number of hydrogen-bond acceptors (Lipinski definition) is 3. The molecule has 0 saturated carbocycles. The Balaban J connectivity index is 1.84. The zero-order chi connectivity index (χ0) is 14.4. The lowest BCUT2D eigenvalue weighted by atomic mass is 10.1. The molecule has 0 bridgehead atoms. The molecule has 1 aromatic heterocycles. The molecule has 0 saturated heterocycles. The monoisotopic (exact) mass is 270 g/mol. The lowest BCUT2D eigenvalue weighted by Crippen LogP contribution is -2.27. The van der Waals surface area contributed by atoms with E-state index < -0.39 is 5.97 Å². The predicted molar refractivity (Wildman–Crippen MR) is 77.6 cm³/mol. The Morgan fingerprint density at radius 2 is 2.00 bits per heavy atom. The third-order valence-corrected chi connectivity index (χ3v) is 3.09. The lowest BCUT2D eigenvalue weighted by molar-refractivity contribution is 0.0696. The maximum Gasteiger partial charge on any atom is 0.337 e. The second-order valence-electron chi connectivity index (χ2n) is 4.82. The molecule has 0 aliphatic heterocycles. The van der Waals surface area contributed by atoms with Crippen molar-refractivity contribution >= 4 is 5.97 Å². The van der Waals surface area contributed by atoms with Gasteiger partial charge in [-0.05, 0) is 31.0 Å². The van der Waals surface area contributed by atoms with Gasteiger partial charge in [0.15, 0.2) is 0 Å². The summed E-state index contributed by atoms with van der Waals surface area (Å²) in [5, 5.41) is 12.2. The molecule has 0 aliphatic rings. The summed E-state index contributed by atoms with van der Waals surface area (Å²) in [5.74, 6) is -0.950. The number of carboxylic acids is 1. The van der Waals surface area contributed by atoms with Gasteiger partial charge in [0.1, 0.15) is 0 Å². The summed E-state index contributed by atoms with van der Waals surface area (Å²) in [6, 6.07) is 14.0. The number of aromatic nitrogens is 1. The molecule has 1 unspecified atom stereocenters. The van der Waals surface area contributed by atoms with E-state index in [1.165, 1.54) is 11.8 Å². The van der Waals surface area contributed by atoms with E-state index in [0.717, 1.165) is 12.1 Å². The second kappa shape index (κ2) is 6.82. The van der Waals surface area contributed by atoms with Crippen LogP contribution in [0.1, 0.15) is 28.5 Å². The van der Waals surface area contributed by atoms with Crippen molar-refractivity contribution in [1.82, 2.24) is 10.3 Å². The molecular formula is C16H18N2O2. The van der Waals surface area contributed by atoms with Crippen LogP contribution >= 0.6 is 0 Å².